The first kappa shape index (κ1) is 21.7. The van der Waals surface area contributed by atoms with Gasteiger partial charge in [-0.25, -0.2) is 4.98 Å². The molecule has 2 heterocycles. The minimum Gasteiger partial charge on any atom is -0.495 e. The van der Waals surface area contributed by atoms with E-state index >= 15 is 0 Å². The fourth-order valence-corrected chi connectivity index (χ4v) is 3.96. The largest absolute Gasteiger partial charge is 0.495 e. The second-order valence-electron chi connectivity index (χ2n) is 8.09. The summed E-state index contributed by atoms with van der Waals surface area (Å²) in [5.74, 6) is 2.86. The van der Waals surface area contributed by atoms with E-state index in [0.29, 0.717) is 18.4 Å². The van der Waals surface area contributed by atoms with Crippen LogP contribution in [0.3, 0.4) is 0 Å². The minimum absolute atomic E-state index is 0.540. The topological polar surface area (TPSA) is 74.9 Å². The lowest BCUT2D eigenvalue weighted by Gasteiger charge is -2.21. The highest BCUT2D eigenvalue weighted by molar-refractivity contribution is 5.79. The van der Waals surface area contributed by atoms with Crippen molar-refractivity contribution in [3.8, 4) is 17.2 Å². The van der Waals surface area contributed by atoms with Crippen molar-refractivity contribution in [2.75, 3.05) is 38.7 Å². The molecule has 32 heavy (non-hydrogen) atoms. The minimum atomic E-state index is 0.540. The van der Waals surface area contributed by atoms with Gasteiger partial charge in [-0.15, -0.1) is 0 Å². The SMILES string of the molecule is CN=C(NCc1coc(-c2ccc(C)cc2)n1)NCC1CCN(c2ccccc2OC)C1. The maximum Gasteiger partial charge on any atom is 0.226 e. The van der Waals surface area contributed by atoms with Crippen molar-refractivity contribution in [2.24, 2.45) is 10.9 Å². The van der Waals surface area contributed by atoms with Crippen LogP contribution in [0.4, 0.5) is 5.69 Å². The number of anilines is 1. The zero-order chi connectivity index (χ0) is 22.3. The predicted molar refractivity (Wildman–Crippen MR) is 128 cm³/mol. The fourth-order valence-electron chi connectivity index (χ4n) is 3.96. The molecule has 168 valence electrons. The summed E-state index contributed by atoms with van der Waals surface area (Å²) < 4.78 is 11.2. The van der Waals surface area contributed by atoms with Crippen molar-refractivity contribution in [1.82, 2.24) is 15.6 Å². The number of aromatic nitrogens is 1. The Labute approximate surface area is 189 Å². The van der Waals surface area contributed by atoms with Crippen molar-refractivity contribution in [3.63, 3.8) is 0 Å². The van der Waals surface area contributed by atoms with Crippen LogP contribution in [0.1, 0.15) is 17.7 Å². The Bertz CT molecular complexity index is 1040. The first-order valence-corrected chi connectivity index (χ1v) is 11.0. The van der Waals surface area contributed by atoms with E-state index in [2.05, 4.69) is 56.7 Å². The molecule has 1 aliphatic rings. The van der Waals surface area contributed by atoms with Gasteiger partial charge in [0.15, 0.2) is 5.96 Å². The van der Waals surface area contributed by atoms with E-state index in [1.165, 1.54) is 5.56 Å². The normalized spacial score (nSPS) is 16.3. The number of hydrogen-bond donors (Lipinski definition) is 2. The lowest BCUT2D eigenvalue weighted by Crippen LogP contribution is -2.40. The smallest absolute Gasteiger partial charge is 0.226 e. The molecule has 1 aromatic heterocycles. The van der Waals surface area contributed by atoms with Crippen LogP contribution in [0.5, 0.6) is 5.75 Å². The Morgan fingerprint density at radius 1 is 1.19 bits per heavy atom. The molecule has 2 N–H and O–H groups in total. The molecule has 0 radical (unpaired) electrons. The molecule has 0 amide bonds. The second-order valence-corrected chi connectivity index (χ2v) is 8.09. The van der Waals surface area contributed by atoms with Crippen LogP contribution in [0.15, 0.2) is 64.2 Å². The summed E-state index contributed by atoms with van der Waals surface area (Å²) in [5.41, 5.74) is 4.19. The van der Waals surface area contributed by atoms with Crippen LogP contribution in [0.25, 0.3) is 11.5 Å². The standard InChI is InChI=1S/C25H31N5O2/c1-18-8-10-20(11-9-18)24-29-21(17-32-24)15-28-25(26-2)27-14-19-12-13-30(16-19)22-6-4-5-7-23(22)31-3/h4-11,17,19H,12-16H2,1-3H3,(H2,26,27,28). The number of nitrogens with one attached hydrogen (secondary N) is 2. The lowest BCUT2D eigenvalue weighted by molar-refractivity contribution is 0.414. The highest BCUT2D eigenvalue weighted by Crippen LogP contribution is 2.31. The van der Waals surface area contributed by atoms with Gasteiger partial charge in [-0.05, 0) is 43.5 Å². The number of para-hydroxylation sites is 2. The van der Waals surface area contributed by atoms with E-state index in [9.17, 15) is 0 Å². The van der Waals surface area contributed by atoms with Gasteiger partial charge in [-0.2, -0.15) is 0 Å². The molecule has 3 aromatic rings. The van der Waals surface area contributed by atoms with Crippen molar-refractivity contribution in [2.45, 2.75) is 19.9 Å². The van der Waals surface area contributed by atoms with E-state index in [1.807, 2.05) is 24.3 Å². The van der Waals surface area contributed by atoms with Gasteiger partial charge in [-0.3, -0.25) is 4.99 Å². The summed E-state index contributed by atoms with van der Waals surface area (Å²) in [6.45, 7) is 5.49. The zero-order valence-corrected chi connectivity index (χ0v) is 19.0. The number of nitrogens with zero attached hydrogens (tertiary/aromatic N) is 3. The average molecular weight is 434 g/mol. The van der Waals surface area contributed by atoms with Crippen LogP contribution in [0.2, 0.25) is 0 Å². The van der Waals surface area contributed by atoms with Crippen LogP contribution in [0, 0.1) is 12.8 Å². The third-order valence-corrected chi connectivity index (χ3v) is 5.78. The van der Waals surface area contributed by atoms with E-state index in [-0.39, 0.29) is 0 Å². The Morgan fingerprint density at radius 3 is 2.78 bits per heavy atom. The molecule has 1 aliphatic heterocycles. The van der Waals surface area contributed by atoms with Crippen LogP contribution < -0.4 is 20.3 Å². The molecule has 7 nitrogen and oxygen atoms in total. The van der Waals surface area contributed by atoms with Gasteiger partial charge in [0.2, 0.25) is 5.89 Å². The lowest BCUT2D eigenvalue weighted by atomic mass is 10.1. The molecule has 2 aromatic carbocycles. The summed E-state index contributed by atoms with van der Waals surface area (Å²) in [7, 11) is 3.51. The van der Waals surface area contributed by atoms with Crippen LogP contribution in [-0.2, 0) is 6.54 Å². The predicted octanol–water partition coefficient (Wildman–Crippen LogP) is 3.85. The van der Waals surface area contributed by atoms with Gasteiger partial charge in [0, 0.05) is 32.2 Å². The van der Waals surface area contributed by atoms with Gasteiger partial charge in [0.05, 0.1) is 25.0 Å². The number of hydrogen-bond acceptors (Lipinski definition) is 5. The van der Waals surface area contributed by atoms with Crippen LogP contribution >= 0.6 is 0 Å². The molecule has 0 spiro atoms. The molecule has 1 saturated heterocycles. The van der Waals surface area contributed by atoms with Crippen molar-refractivity contribution in [3.05, 3.63) is 66.1 Å². The highest BCUT2D eigenvalue weighted by Gasteiger charge is 2.24. The van der Waals surface area contributed by atoms with E-state index < -0.39 is 0 Å². The molecular weight excluding hydrogens is 402 g/mol. The van der Waals surface area contributed by atoms with E-state index in [4.69, 9.17) is 9.15 Å². The first-order valence-electron chi connectivity index (χ1n) is 11.0. The number of ether oxygens (including phenoxy) is 1. The Morgan fingerprint density at radius 2 is 2.00 bits per heavy atom. The van der Waals surface area contributed by atoms with Gasteiger partial charge in [0.25, 0.3) is 0 Å². The maximum atomic E-state index is 5.64. The van der Waals surface area contributed by atoms with E-state index in [0.717, 1.165) is 54.7 Å². The summed E-state index contributed by atoms with van der Waals surface area (Å²) >= 11 is 0. The highest BCUT2D eigenvalue weighted by atomic mass is 16.5. The number of rotatable bonds is 7. The molecule has 0 saturated carbocycles. The Hall–Kier alpha value is -3.48. The second kappa shape index (κ2) is 10.2. The summed E-state index contributed by atoms with van der Waals surface area (Å²) in [6, 6.07) is 16.4. The summed E-state index contributed by atoms with van der Waals surface area (Å²) in [4.78, 5) is 11.3. The number of oxazole rings is 1. The molecule has 1 unspecified atom stereocenters. The molecule has 7 heteroatoms. The number of benzene rings is 2. The van der Waals surface area contributed by atoms with Crippen LogP contribution in [-0.4, -0.2) is 44.7 Å². The van der Waals surface area contributed by atoms with Crippen molar-refractivity contribution < 1.29 is 9.15 Å². The third-order valence-electron chi connectivity index (χ3n) is 5.78. The number of guanidine groups is 1. The Kier molecular flexibility index (Phi) is 6.94. The fraction of sp³-hybridized carbons (Fsp3) is 0.360. The molecular formula is C25H31N5O2. The van der Waals surface area contributed by atoms with Gasteiger partial charge in [0.1, 0.15) is 12.0 Å². The van der Waals surface area contributed by atoms with Gasteiger partial charge < -0.3 is 24.7 Å². The quantitative estimate of drug-likeness (QED) is 0.436. The molecule has 1 fully saturated rings. The number of methoxy groups -OCH3 is 1. The molecule has 1 atom stereocenters. The average Bonchev–Trinajstić information content (AvgIpc) is 3.50. The summed E-state index contributed by atoms with van der Waals surface area (Å²) in [5, 5.41) is 6.78. The first-order chi connectivity index (χ1) is 15.7. The third kappa shape index (κ3) is 5.22. The van der Waals surface area contributed by atoms with Crippen molar-refractivity contribution in [1.29, 1.82) is 0 Å². The molecule has 4 rings (SSSR count). The molecule has 0 aliphatic carbocycles. The van der Waals surface area contributed by atoms with E-state index in [1.54, 1.807) is 20.4 Å². The molecule has 0 bridgehead atoms. The van der Waals surface area contributed by atoms with Gasteiger partial charge in [-0.1, -0.05) is 29.8 Å². The number of aliphatic imine (C=N–C) groups is 1. The Balaban J connectivity index is 1.26. The zero-order valence-electron chi connectivity index (χ0n) is 19.0. The van der Waals surface area contributed by atoms with Crippen molar-refractivity contribution >= 4 is 11.6 Å². The summed E-state index contributed by atoms with van der Waals surface area (Å²) in [6.07, 6.45) is 2.82. The van der Waals surface area contributed by atoms with Gasteiger partial charge >= 0.3 is 0 Å². The number of aryl methyl sites for hydroxylation is 1. The monoisotopic (exact) mass is 433 g/mol. The maximum absolute atomic E-state index is 5.64.